The van der Waals surface area contributed by atoms with Crippen LogP contribution in [0.2, 0.25) is 0 Å². The van der Waals surface area contributed by atoms with E-state index in [1.165, 1.54) is 16.6 Å². The Kier molecular flexibility index (Phi) is 4.50. The van der Waals surface area contributed by atoms with Crippen LogP contribution in [0.25, 0.3) is 22.6 Å². The second-order valence-corrected chi connectivity index (χ2v) is 7.35. The van der Waals surface area contributed by atoms with Crippen LogP contribution >= 0.6 is 0 Å². The number of ether oxygens (including phenoxy) is 2. The predicted octanol–water partition coefficient (Wildman–Crippen LogP) is 1.11. The minimum absolute atomic E-state index is 0.190. The Labute approximate surface area is 177 Å². The van der Waals surface area contributed by atoms with Gasteiger partial charge in [0.25, 0.3) is 0 Å². The summed E-state index contributed by atoms with van der Waals surface area (Å²) in [6, 6.07) is 9.55. The van der Waals surface area contributed by atoms with Gasteiger partial charge in [-0.3, -0.25) is 14.7 Å². The van der Waals surface area contributed by atoms with Crippen LogP contribution in [0.15, 0.2) is 36.5 Å². The number of cyclic esters (lactones) is 1. The molecular weight excluding hydrogens is 402 g/mol. The fourth-order valence-corrected chi connectivity index (χ4v) is 3.64. The number of tetrazole rings is 1. The van der Waals surface area contributed by atoms with Crippen LogP contribution in [0.5, 0.6) is 5.75 Å². The first-order valence-electron chi connectivity index (χ1n) is 9.70. The number of benzene rings is 1. The van der Waals surface area contributed by atoms with Crippen LogP contribution in [0, 0.1) is 0 Å². The second-order valence-electron chi connectivity index (χ2n) is 7.35. The molecule has 1 N–H and O–H groups in total. The van der Waals surface area contributed by atoms with E-state index in [9.17, 15) is 9.59 Å². The number of pyridine rings is 1. The Bertz CT molecular complexity index is 1160. The topological polar surface area (TPSA) is 124 Å². The molecule has 4 heterocycles. The molecule has 158 valence electrons. The standard InChI is InChI=1S/C20H19N7O4/c1-11(28)21-9-17-19-27(20(29)31-17)10-14-7-12(4-6-16(14)30-19)13-3-5-15(22-8-13)18-23-25-26(2)24-18/h3-8,17,19H,9-10H2,1-2H3,(H,21,28)/t17-,19-/m0/s1. The summed E-state index contributed by atoms with van der Waals surface area (Å²) in [6.45, 7) is 1.98. The van der Waals surface area contributed by atoms with Crippen molar-refractivity contribution in [1.29, 1.82) is 0 Å². The zero-order valence-electron chi connectivity index (χ0n) is 16.8. The summed E-state index contributed by atoms with van der Waals surface area (Å²) in [7, 11) is 1.70. The zero-order chi connectivity index (χ0) is 21.5. The van der Waals surface area contributed by atoms with Crippen molar-refractivity contribution in [2.24, 2.45) is 7.05 Å². The number of nitrogens with zero attached hydrogens (tertiary/aromatic N) is 6. The van der Waals surface area contributed by atoms with Gasteiger partial charge in [0.2, 0.25) is 18.0 Å². The quantitative estimate of drug-likeness (QED) is 0.664. The molecule has 3 aromatic rings. The monoisotopic (exact) mass is 421 g/mol. The van der Waals surface area contributed by atoms with Crippen LogP contribution < -0.4 is 10.1 Å². The Morgan fingerprint density at radius 1 is 1.23 bits per heavy atom. The molecule has 2 atom stereocenters. The van der Waals surface area contributed by atoms with Crippen molar-refractivity contribution in [3.63, 3.8) is 0 Å². The van der Waals surface area contributed by atoms with Crippen LogP contribution in [-0.2, 0) is 23.1 Å². The predicted molar refractivity (Wildman–Crippen MR) is 106 cm³/mol. The number of hydrogen-bond donors (Lipinski definition) is 1. The molecule has 5 rings (SSSR count). The van der Waals surface area contributed by atoms with Gasteiger partial charge in [0, 0.05) is 24.2 Å². The van der Waals surface area contributed by atoms with Crippen molar-refractivity contribution >= 4 is 12.0 Å². The third-order valence-corrected chi connectivity index (χ3v) is 5.15. The average Bonchev–Trinajstić information content (AvgIpc) is 3.33. The number of nitrogens with one attached hydrogen (secondary N) is 1. The van der Waals surface area contributed by atoms with Gasteiger partial charge in [0.05, 0.1) is 20.1 Å². The molecule has 2 amide bonds. The van der Waals surface area contributed by atoms with E-state index < -0.39 is 18.4 Å². The minimum Gasteiger partial charge on any atom is -0.466 e. The van der Waals surface area contributed by atoms with Gasteiger partial charge in [0.1, 0.15) is 11.4 Å². The Morgan fingerprint density at radius 2 is 2.06 bits per heavy atom. The molecule has 0 unspecified atom stereocenters. The number of hydrogen-bond acceptors (Lipinski definition) is 8. The van der Waals surface area contributed by atoms with E-state index in [0.29, 0.717) is 23.8 Å². The van der Waals surface area contributed by atoms with E-state index in [-0.39, 0.29) is 12.5 Å². The van der Waals surface area contributed by atoms with Gasteiger partial charge >= 0.3 is 6.09 Å². The highest BCUT2D eigenvalue weighted by molar-refractivity contribution is 5.74. The van der Waals surface area contributed by atoms with Gasteiger partial charge in [-0.15, -0.1) is 10.2 Å². The van der Waals surface area contributed by atoms with Crippen molar-refractivity contribution in [2.45, 2.75) is 25.8 Å². The lowest BCUT2D eigenvalue weighted by molar-refractivity contribution is -0.119. The van der Waals surface area contributed by atoms with E-state index in [0.717, 1.165) is 16.7 Å². The molecule has 2 aromatic heterocycles. The molecular formula is C20H19N7O4. The van der Waals surface area contributed by atoms with Crippen molar-refractivity contribution < 1.29 is 19.1 Å². The highest BCUT2D eigenvalue weighted by atomic mass is 16.6. The van der Waals surface area contributed by atoms with E-state index in [2.05, 4.69) is 25.7 Å². The summed E-state index contributed by atoms with van der Waals surface area (Å²) in [5.41, 5.74) is 3.34. The molecule has 1 fully saturated rings. The second kappa shape index (κ2) is 7.35. The van der Waals surface area contributed by atoms with E-state index in [4.69, 9.17) is 9.47 Å². The molecule has 0 spiro atoms. The van der Waals surface area contributed by atoms with Gasteiger partial charge in [-0.1, -0.05) is 12.1 Å². The van der Waals surface area contributed by atoms with Crippen molar-refractivity contribution in [3.05, 3.63) is 42.1 Å². The molecule has 0 radical (unpaired) electrons. The van der Waals surface area contributed by atoms with Gasteiger partial charge in [-0.05, 0) is 29.0 Å². The summed E-state index contributed by atoms with van der Waals surface area (Å²) >= 11 is 0. The smallest absolute Gasteiger partial charge is 0.413 e. The Morgan fingerprint density at radius 3 is 2.77 bits per heavy atom. The zero-order valence-corrected chi connectivity index (χ0v) is 16.8. The minimum atomic E-state index is -0.571. The number of aromatic nitrogens is 5. The fraction of sp³-hybridized carbons (Fsp3) is 0.300. The number of carbonyl (C=O) groups excluding carboxylic acids is 2. The molecule has 2 aliphatic rings. The van der Waals surface area contributed by atoms with Crippen molar-refractivity contribution in [1.82, 2.24) is 35.4 Å². The molecule has 0 aliphatic carbocycles. The molecule has 2 aliphatic heterocycles. The SMILES string of the molecule is CC(=O)NC[C@@H]1OC(=O)N2Cc3cc(-c4ccc(-c5nnn(C)n5)nc4)ccc3O[C@@H]12. The summed E-state index contributed by atoms with van der Waals surface area (Å²) in [5.74, 6) is 0.954. The normalized spacial score (nSPS) is 19.3. The van der Waals surface area contributed by atoms with Crippen LogP contribution in [0.3, 0.4) is 0 Å². The van der Waals surface area contributed by atoms with Crippen molar-refractivity contribution in [2.75, 3.05) is 6.54 Å². The number of rotatable bonds is 4. The van der Waals surface area contributed by atoms with E-state index in [1.807, 2.05) is 30.3 Å². The van der Waals surface area contributed by atoms with Crippen LogP contribution in [-0.4, -0.2) is 61.0 Å². The summed E-state index contributed by atoms with van der Waals surface area (Å²) in [5, 5.41) is 14.6. The molecule has 1 aromatic carbocycles. The number of carbonyl (C=O) groups is 2. The summed E-state index contributed by atoms with van der Waals surface area (Å²) in [6.07, 6.45) is 0.153. The number of aryl methyl sites for hydroxylation is 1. The lowest BCUT2D eigenvalue weighted by Crippen LogP contribution is -2.47. The molecule has 1 saturated heterocycles. The van der Waals surface area contributed by atoms with E-state index >= 15 is 0 Å². The molecule has 11 nitrogen and oxygen atoms in total. The fourth-order valence-electron chi connectivity index (χ4n) is 3.64. The summed E-state index contributed by atoms with van der Waals surface area (Å²) in [4.78, 5) is 30.8. The number of fused-ring (bicyclic) bond motifs is 2. The highest BCUT2D eigenvalue weighted by Crippen LogP contribution is 2.36. The lowest BCUT2D eigenvalue weighted by atomic mass is 10.0. The number of amides is 2. The Hall–Kier alpha value is -4.02. The third kappa shape index (κ3) is 3.54. The molecule has 11 heteroatoms. The lowest BCUT2D eigenvalue weighted by Gasteiger charge is -2.31. The van der Waals surface area contributed by atoms with Gasteiger partial charge in [-0.2, -0.15) is 4.80 Å². The van der Waals surface area contributed by atoms with Crippen molar-refractivity contribution in [3.8, 4) is 28.4 Å². The van der Waals surface area contributed by atoms with E-state index in [1.54, 1.807) is 13.2 Å². The molecule has 31 heavy (non-hydrogen) atoms. The third-order valence-electron chi connectivity index (χ3n) is 5.15. The van der Waals surface area contributed by atoms with Gasteiger partial charge in [0.15, 0.2) is 6.10 Å². The maximum atomic E-state index is 12.3. The maximum absolute atomic E-state index is 12.3. The van der Waals surface area contributed by atoms with Gasteiger partial charge < -0.3 is 14.8 Å². The first-order valence-corrected chi connectivity index (χ1v) is 9.70. The largest absolute Gasteiger partial charge is 0.466 e. The average molecular weight is 421 g/mol. The van der Waals surface area contributed by atoms with Gasteiger partial charge in [-0.25, -0.2) is 4.79 Å². The van der Waals surface area contributed by atoms with Crippen LogP contribution in [0.4, 0.5) is 4.79 Å². The maximum Gasteiger partial charge on any atom is 0.413 e. The Balaban J connectivity index is 1.37. The first kappa shape index (κ1) is 19.0. The summed E-state index contributed by atoms with van der Waals surface area (Å²) < 4.78 is 11.4. The first-order chi connectivity index (χ1) is 15.0. The molecule has 0 saturated carbocycles. The highest BCUT2D eigenvalue weighted by Gasteiger charge is 2.46. The van der Waals surface area contributed by atoms with Crippen LogP contribution in [0.1, 0.15) is 12.5 Å². The molecule has 0 bridgehead atoms.